The van der Waals surface area contributed by atoms with E-state index in [4.69, 9.17) is 0 Å². The normalized spacial score (nSPS) is 15.5. The fourth-order valence-corrected chi connectivity index (χ4v) is 3.23. The molecule has 2 aromatic rings. The number of nitrogens with zero attached hydrogens (tertiary/aromatic N) is 2. The Morgan fingerprint density at radius 1 is 1.04 bits per heavy atom. The van der Waals surface area contributed by atoms with Crippen LogP contribution in [-0.2, 0) is 0 Å². The second-order valence-electron chi connectivity index (χ2n) is 6.65. The molecule has 0 unspecified atom stereocenters. The molecule has 128 valence electrons. The summed E-state index contributed by atoms with van der Waals surface area (Å²) in [5, 5.41) is 7.08. The van der Waals surface area contributed by atoms with Gasteiger partial charge in [0, 0.05) is 44.1 Å². The third-order valence-electron chi connectivity index (χ3n) is 4.75. The average Bonchev–Trinajstić information content (AvgIpc) is 2.61. The number of benzene rings is 1. The Morgan fingerprint density at radius 2 is 1.79 bits per heavy atom. The van der Waals surface area contributed by atoms with Gasteiger partial charge in [0.1, 0.15) is 5.82 Å². The topological polar surface area (TPSA) is 40.2 Å². The van der Waals surface area contributed by atoms with Gasteiger partial charge in [0.15, 0.2) is 0 Å². The van der Waals surface area contributed by atoms with Crippen molar-refractivity contribution >= 4 is 11.5 Å². The van der Waals surface area contributed by atoms with E-state index < -0.39 is 0 Å². The predicted octanol–water partition coefficient (Wildman–Crippen LogP) is 3.37. The molecule has 2 N–H and O–H groups in total. The van der Waals surface area contributed by atoms with Crippen molar-refractivity contribution < 1.29 is 0 Å². The molecule has 4 heteroatoms. The van der Waals surface area contributed by atoms with Crippen LogP contribution >= 0.6 is 0 Å². The minimum atomic E-state index is 0.623. The molecule has 0 spiro atoms. The van der Waals surface area contributed by atoms with Gasteiger partial charge < -0.3 is 15.5 Å². The number of anilines is 2. The molecule has 2 heterocycles. The number of nitrogens with one attached hydrogen (secondary N) is 2. The molecule has 3 rings (SSSR count). The number of hydrogen-bond donors (Lipinski definition) is 2. The van der Waals surface area contributed by atoms with Crippen LogP contribution in [0, 0.1) is 13.8 Å². The van der Waals surface area contributed by atoms with Crippen LogP contribution in [0.15, 0.2) is 42.6 Å². The van der Waals surface area contributed by atoms with E-state index in [0.29, 0.717) is 6.04 Å². The standard InChI is InChI=1S/C20H28N4/c1-16-5-7-19(8-6-16)24-14-9-18(10-15-24)21-12-13-23-20-17(2)4-3-11-22-20/h3-8,11,18,21H,9-10,12-15H2,1-2H3,(H,22,23). The maximum Gasteiger partial charge on any atom is 0.128 e. The van der Waals surface area contributed by atoms with Crippen molar-refractivity contribution in [2.24, 2.45) is 0 Å². The zero-order valence-electron chi connectivity index (χ0n) is 14.8. The monoisotopic (exact) mass is 324 g/mol. The molecule has 0 amide bonds. The van der Waals surface area contributed by atoms with Crippen molar-refractivity contribution in [3.8, 4) is 0 Å². The summed E-state index contributed by atoms with van der Waals surface area (Å²) in [4.78, 5) is 6.86. The zero-order chi connectivity index (χ0) is 16.8. The van der Waals surface area contributed by atoms with Gasteiger partial charge >= 0.3 is 0 Å². The number of aryl methyl sites for hydroxylation is 2. The summed E-state index contributed by atoms with van der Waals surface area (Å²) in [6.45, 7) is 8.38. The first-order valence-corrected chi connectivity index (χ1v) is 8.93. The number of rotatable bonds is 6. The second kappa shape index (κ2) is 8.15. The lowest BCUT2D eigenvalue weighted by Gasteiger charge is -2.34. The van der Waals surface area contributed by atoms with Gasteiger partial charge in [0.25, 0.3) is 0 Å². The number of aromatic nitrogens is 1. The molecular formula is C20H28N4. The van der Waals surface area contributed by atoms with Gasteiger partial charge in [-0.15, -0.1) is 0 Å². The van der Waals surface area contributed by atoms with E-state index in [0.717, 1.165) is 32.0 Å². The smallest absolute Gasteiger partial charge is 0.128 e. The number of hydrogen-bond acceptors (Lipinski definition) is 4. The van der Waals surface area contributed by atoms with Crippen molar-refractivity contribution in [1.82, 2.24) is 10.3 Å². The van der Waals surface area contributed by atoms with Crippen LogP contribution in [0.25, 0.3) is 0 Å². The van der Waals surface area contributed by atoms with Crippen molar-refractivity contribution in [3.05, 3.63) is 53.7 Å². The third-order valence-corrected chi connectivity index (χ3v) is 4.75. The SMILES string of the molecule is Cc1ccc(N2CCC(NCCNc3ncccc3C)CC2)cc1. The molecule has 1 fully saturated rings. The molecule has 0 radical (unpaired) electrons. The van der Waals surface area contributed by atoms with Crippen molar-refractivity contribution in [1.29, 1.82) is 0 Å². The van der Waals surface area contributed by atoms with Gasteiger partial charge in [0.2, 0.25) is 0 Å². The first kappa shape index (κ1) is 16.8. The Bertz CT molecular complexity index is 630. The third kappa shape index (κ3) is 4.48. The molecule has 1 aromatic heterocycles. The van der Waals surface area contributed by atoms with E-state index in [9.17, 15) is 0 Å². The van der Waals surface area contributed by atoms with Crippen LogP contribution in [0.1, 0.15) is 24.0 Å². The second-order valence-corrected chi connectivity index (χ2v) is 6.65. The lowest BCUT2D eigenvalue weighted by Crippen LogP contribution is -2.43. The lowest BCUT2D eigenvalue weighted by atomic mass is 10.0. The Hall–Kier alpha value is -2.07. The van der Waals surface area contributed by atoms with Crippen molar-refractivity contribution in [2.45, 2.75) is 32.7 Å². The summed E-state index contributed by atoms with van der Waals surface area (Å²) in [6.07, 6.45) is 4.25. The molecule has 1 saturated heterocycles. The molecule has 0 saturated carbocycles. The van der Waals surface area contributed by atoms with E-state index in [1.165, 1.54) is 29.7 Å². The Kier molecular flexibility index (Phi) is 5.70. The maximum atomic E-state index is 4.37. The van der Waals surface area contributed by atoms with Crippen molar-refractivity contribution in [3.63, 3.8) is 0 Å². The van der Waals surface area contributed by atoms with Gasteiger partial charge in [-0.2, -0.15) is 0 Å². The van der Waals surface area contributed by atoms with Crippen molar-refractivity contribution in [2.75, 3.05) is 36.4 Å². The largest absolute Gasteiger partial charge is 0.371 e. The molecule has 24 heavy (non-hydrogen) atoms. The van der Waals surface area contributed by atoms with Crippen LogP contribution in [0.5, 0.6) is 0 Å². The molecule has 0 aliphatic carbocycles. The van der Waals surface area contributed by atoms with E-state index in [1.54, 1.807) is 0 Å². The highest BCUT2D eigenvalue weighted by Gasteiger charge is 2.18. The molecular weight excluding hydrogens is 296 g/mol. The fraction of sp³-hybridized carbons (Fsp3) is 0.450. The summed E-state index contributed by atoms with van der Waals surface area (Å²) in [5.74, 6) is 0.994. The molecule has 1 aliphatic rings. The number of pyridine rings is 1. The molecule has 4 nitrogen and oxygen atoms in total. The van der Waals surface area contributed by atoms with Crippen LogP contribution < -0.4 is 15.5 Å². The van der Waals surface area contributed by atoms with Gasteiger partial charge in [-0.25, -0.2) is 4.98 Å². The van der Waals surface area contributed by atoms with E-state index in [2.05, 4.69) is 64.7 Å². The van der Waals surface area contributed by atoms with Crippen LogP contribution in [0.3, 0.4) is 0 Å². The summed E-state index contributed by atoms with van der Waals surface area (Å²) in [7, 11) is 0. The highest BCUT2D eigenvalue weighted by atomic mass is 15.1. The van der Waals surface area contributed by atoms with Crippen LogP contribution in [0.4, 0.5) is 11.5 Å². The highest BCUT2D eigenvalue weighted by molar-refractivity contribution is 5.47. The maximum absolute atomic E-state index is 4.37. The Labute approximate surface area is 145 Å². The molecule has 1 aliphatic heterocycles. The average molecular weight is 324 g/mol. The zero-order valence-corrected chi connectivity index (χ0v) is 14.8. The molecule has 0 atom stereocenters. The first-order chi connectivity index (χ1) is 11.7. The summed E-state index contributed by atoms with van der Waals surface area (Å²) >= 11 is 0. The minimum Gasteiger partial charge on any atom is -0.371 e. The minimum absolute atomic E-state index is 0.623. The van der Waals surface area contributed by atoms with E-state index in [-0.39, 0.29) is 0 Å². The Morgan fingerprint density at radius 3 is 2.50 bits per heavy atom. The van der Waals surface area contributed by atoms with Crippen LogP contribution in [-0.4, -0.2) is 37.2 Å². The molecule has 1 aromatic carbocycles. The Balaban J connectivity index is 1.37. The highest BCUT2D eigenvalue weighted by Crippen LogP contribution is 2.20. The number of piperidine rings is 1. The molecule has 0 bridgehead atoms. The van der Waals surface area contributed by atoms with Gasteiger partial charge in [-0.1, -0.05) is 23.8 Å². The summed E-state index contributed by atoms with van der Waals surface area (Å²) < 4.78 is 0. The van der Waals surface area contributed by atoms with E-state index >= 15 is 0 Å². The van der Waals surface area contributed by atoms with Gasteiger partial charge in [0.05, 0.1) is 0 Å². The predicted molar refractivity (Wildman–Crippen MR) is 102 cm³/mol. The summed E-state index contributed by atoms with van der Waals surface area (Å²) in [5.41, 5.74) is 3.88. The van der Waals surface area contributed by atoms with Gasteiger partial charge in [-0.05, 0) is 50.5 Å². The van der Waals surface area contributed by atoms with E-state index in [1.807, 2.05) is 12.3 Å². The quantitative estimate of drug-likeness (QED) is 0.799. The van der Waals surface area contributed by atoms with Gasteiger partial charge in [-0.3, -0.25) is 0 Å². The first-order valence-electron chi connectivity index (χ1n) is 8.93. The lowest BCUT2D eigenvalue weighted by molar-refractivity contribution is 0.421. The fourth-order valence-electron chi connectivity index (χ4n) is 3.23. The van der Waals surface area contributed by atoms with Crippen LogP contribution in [0.2, 0.25) is 0 Å². The summed E-state index contributed by atoms with van der Waals surface area (Å²) in [6, 6.07) is 13.6.